The zero-order valence-electron chi connectivity index (χ0n) is 17.9. The zero-order chi connectivity index (χ0) is 24.1. The van der Waals surface area contributed by atoms with Gasteiger partial charge in [0, 0.05) is 18.0 Å². The van der Waals surface area contributed by atoms with Gasteiger partial charge in [0.2, 0.25) is 16.3 Å². The van der Waals surface area contributed by atoms with Gasteiger partial charge in [-0.2, -0.15) is 13.2 Å². The van der Waals surface area contributed by atoms with E-state index in [0.29, 0.717) is 10.1 Å². The molecule has 0 saturated carbocycles. The monoisotopic (exact) mass is 480 g/mol. The maximum absolute atomic E-state index is 13.2. The lowest BCUT2D eigenvalue weighted by Crippen LogP contribution is -2.42. The highest BCUT2D eigenvalue weighted by molar-refractivity contribution is 7.92. The fourth-order valence-electron chi connectivity index (χ4n) is 3.09. The van der Waals surface area contributed by atoms with Crippen molar-refractivity contribution >= 4 is 15.7 Å². The largest absolute Gasteiger partial charge is 0.487 e. The van der Waals surface area contributed by atoms with Crippen molar-refractivity contribution in [2.75, 3.05) is 10.1 Å². The first-order chi connectivity index (χ1) is 15.6. The number of hydrogen-bond donors (Lipinski definition) is 0. The van der Waals surface area contributed by atoms with E-state index in [1.807, 2.05) is 0 Å². The van der Waals surface area contributed by atoms with Crippen molar-refractivity contribution in [3.05, 3.63) is 84.7 Å². The molecule has 3 rings (SSSR count). The highest BCUT2D eigenvalue weighted by Crippen LogP contribution is 2.37. The predicted octanol–water partition coefficient (Wildman–Crippen LogP) is 5.35. The Labute approximate surface area is 190 Å². The molecule has 0 amide bonds. The van der Waals surface area contributed by atoms with Gasteiger partial charge in [0.15, 0.2) is 17.3 Å². The van der Waals surface area contributed by atoms with Crippen LogP contribution in [0.5, 0.6) is 11.5 Å². The summed E-state index contributed by atoms with van der Waals surface area (Å²) >= 11 is 0. The number of sulfonamides is 1. The number of nitrogens with zero attached hydrogens (tertiary/aromatic N) is 2. The molecule has 1 aromatic heterocycles. The van der Waals surface area contributed by atoms with Crippen molar-refractivity contribution in [1.29, 1.82) is 0 Å². The summed E-state index contributed by atoms with van der Waals surface area (Å²) in [6.07, 6.45) is -3.84. The quantitative estimate of drug-likeness (QED) is 0.387. The Morgan fingerprint density at radius 1 is 0.909 bits per heavy atom. The van der Waals surface area contributed by atoms with Gasteiger partial charge in [0.25, 0.3) is 0 Å². The van der Waals surface area contributed by atoms with Gasteiger partial charge in [-0.15, -0.1) is 0 Å². The molecule has 2 aromatic carbocycles. The second kappa shape index (κ2) is 10.1. The lowest BCUT2D eigenvalue weighted by Gasteiger charge is -2.33. The van der Waals surface area contributed by atoms with E-state index in [0.717, 1.165) is 0 Å². The molecule has 10 heteroatoms. The topological polar surface area (TPSA) is 68.7 Å². The maximum Gasteiger partial charge on any atom is 0.404 e. The Bertz CT molecular complexity index is 1140. The molecule has 0 aliphatic carbocycles. The van der Waals surface area contributed by atoms with Gasteiger partial charge in [-0.25, -0.2) is 12.7 Å². The minimum atomic E-state index is -4.95. The number of hydrogen-bond acceptors (Lipinski definition) is 5. The van der Waals surface area contributed by atoms with Crippen LogP contribution in [0.2, 0.25) is 0 Å². The van der Waals surface area contributed by atoms with Crippen molar-refractivity contribution in [3.63, 3.8) is 0 Å². The van der Waals surface area contributed by atoms with E-state index in [1.54, 1.807) is 50.2 Å². The van der Waals surface area contributed by atoms with E-state index in [2.05, 4.69) is 4.98 Å². The molecule has 0 radical (unpaired) electrons. The van der Waals surface area contributed by atoms with Crippen LogP contribution < -0.4 is 13.8 Å². The number of benzene rings is 2. The van der Waals surface area contributed by atoms with Crippen LogP contribution in [0.4, 0.5) is 18.9 Å². The van der Waals surface area contributed by atoms with E-state index < -0.39 is 28.2 Å². The number of aromatic nitrogens is 1. The second-order valence-electron chi connectivity index (χ2n) is 7.37. The lowest BCUT2D eigenvalue weighted by molar-refractivity contribution is -0.106. The van der Waals surface area contributed by atoms with Crippen LogP contribution in [0.3, 0.4) is 0 Å². The first kappa shape index (κ1) is 24.4. The van der Waals surface area contributed by atoms with Crippen LogP contribution >= 0.6 is 0 Å². The summed E-state index contributed by atoms with van der Waals surface area (Å²) < 4.78 is 78.4. The standard InChI is InChI=1S/C23H23F3N2O4S/c1-17(2)31-20-12-6-7-13-21(20)32-22(18-9-8-14-27-15-18)28(19-10-4-3-5-11-19)33(29,30)16-23(24,25)26/h3-15,17,22H,16H2,1-2H3. The molecule has 0 N–H and O–H groups in total. The summed E-state index contributed by atoms with van der Waals surface area (Å²) in [5.41, 5.74) is 0.254. The third-order valence-electron chi connectivity index (χ3n) is 4.29. The molecular formula is C23H23F3N2O4S. The van der Waals surface area contributed by atoms with E-state index >= 15 is 0 Å². The molecule has 1 atom stereocenters. The molecule has 0 saturated heterocycles. The third-order valence-corrected chi connectivity index (χ3v) is 5.98. The van der Waals surface area contributed by atoms with Gasteiger partial charge in [-0.3, -0.25) is 4.98 Å². The van der Waals surface area contributed by atoms with Gasteiger partial charge in [0.1, 0.15) is 0 Å². The van der Waals surface area contributed by atoms with Crippen LogP contribution in [0.15, 0.2) is 79.1 Å². The number of rotatable bonds is 9. The Morgan fingerprint density at radius 2 is 1.52 bits per heavy atom. The minimum absolute atomic E-state index is 0.0119. The van der Waals surface area contributed by atoms with E-state index in [-0.39, 0.29) is 23.1 Å². The third kappa shape index (κ3) is 6.61. The average Bonchev–Trinajstić information content (AvgIpc) is 2.73. The normalized spacial score (nSPS) is 12.9. The first-order valence-electron chi connectivity index (χ1n) is 10.0. The number of ether oxygens (including phenoxy) is 2. The number of pyridine rings is 1. The summed E-state index contributed by atoms with van der Waals surface area (Å²) in [6.45, 7) is 3.61. The van der Waals surface area contributed by atoms with Crippen LogP contribution in [-0.4, -0.2) is 31.4 Å². The van der Waals surface area contributed by atoms with E-state index in [1.165, 1.54) is 42.7 Å². The Kier molecular flexibility index (Phi) is 7.47. The SMILES string of the molecule is CC(C)Oc1ccccc1OC(c1cccnc1)N(c1ccccc1)S(=O)(=O)CC(F)(F)F. The Balaban J connectivity index is 2.17. The molecule has 3 aromatic rings. The fraction of sp³-hybridized carbons (Fsp3) is 0.261. The Hall–Kier alpha value is -3.27. The van der Waals surface area contributed by atoms with Gasteiger partial charge in [0.05, 0.1) is 11.8 Å². The molecular weight excluding hydrogens is 457 g/mol. The van der Waals surface area contributed by atoms with Crippen molar-refractivity contribution < 1.29 is 31.1 Å². The number of anilines is 1. The van der Waals surface area contributed by atoms with Gasteiger partial charge in [-0.05, 0) is 44.2 Å². The highest BCUT2D eigenvalue weighted by Gasteiger charge is 2.42. The van der Waals surface area contributed by atoms with Crippen LogP contribution in [0.25, 0.3) is 0 Å². The number of para-hydroxylation sites is 3. The molecule has 0 spiro atoms. The lowest BCUT2D eigenvalue weighted by atomic mass is 10.2. The van der Waals surface area contributed by atoms with Gasteiger partial charge in [-0.1, -0.05) is 36.4 Å². The van der Waals surface area contributed by atoms with Crippen molar-refractivity contribution in [3.8, 4) is 11.5 Å². The molecule has 6 nitrogen and oxygen atoms in total. The molecule has 0 fully saturated rings. The van der Waals surface area contributed by atoms with Crippen molar-refractivity contribution in [1.82, 2.24) is 4.98 Å². The predicted molar refractivity (Wildman–Crippen MR) is 119 cm³/mol. The van der Waals surface area contributed by atoms with Crippen LogP contribution in [0, 0.1) is 0 Å². The summed E-state index contributed by atoms with van der Waals surface area (Å²) in [6, 6.07) is 17.1. The van der Waals surface area contributed by atoms with E-state index in [4.69, 9.17) is 9.47 Å². The minimum Gasteiger partial charge on any atom is -0.487 e. The molecule has 33 heavy (non-hydrogen) atoms. The smallest absolute Gasteiger partial charge is 0.404 e. The zero-order valence-corrected chi connectivity index (χ0v) is 18.8. The average molecular weight is 481 g/mol. The van der Waals surface area contributed by atoms with Gasteiger partial charge >= 0.3 is 6.18 Å². The summed E-state index contributed by atoms with van der Waals surface area (Å²) in [5.74, 6) is -1.56. The molecule has 1 unspecified atom stereocenters. The first-order valence-corrected chi connectivity index (χ1v) is 11.6. The molecule has 1 heterocycles. The summed E-state index contributed by atoms with van der Waals surface area (Å²) in [4.78, 5) is 4.00. The highest BCUT2D eigenvalue weighted by atomic mass is 32.2. The number of alkyl halides is 3. The van der Waals surface area contributed by atoms with Crippen molar-refractivity contribution in [2.24, 2.45) is 0 Å². The van der Waals surface area contributed by atoms with Crippen LogP contribution in [-0.2, 0) is 10.0 Å². The summed E-state index contributed by atoms with van der Waals surface area (Å²) in [7, 11) is -4.92. The van der Waals surface area contributed by atoms with Crippen LogP contribution in [0.1, 0.15) is 25.6 Å². The fourth-order valence-corrected chi connectivity index (χ4v) is 4.54. The van der Waals surface area contributed by atoms with Crippen molar-refractivity contribution in [2.45, 2.75) is 32.4 Å². The molecule has 176 valence electrons. The number of halogens is 3. The molecule has 0 bridgehead atoms. The molecule has 0 aliphatic heterocycles. The summed E-state index contributed by atoms with van der Waals surface area (Å²) in [5, 5.41) is 0. The van der Waals surface area contributed by atoms with E-state index in [9.17, 15) is 21.6 Å². The second-order valence-corrected chi connectivity index (χ2v) is 9.22. The molecule has 0 aliphatic rings. The van der Waals surface area contributed by atoms with Gasteiger partial charge < -0.3 is 9.47 Å². The Morgan fingerprint density at radius 3 is 2.06 bits per heavy atom. The maximum atomic E-state index is 13.2.